The molecule has 0 bridgehead atoms. The lowest BCUT2D eigenvalue weighted by Gasteiger charge is -2.33. The largest absolute Gasteiger partial charge is 0.491 e. The number of carbonyl (C=O) groups excluding carboxylic acids is 2. The topological polar surface area (TPSA) is 58.6 Å². The average Bonchev–Trinajstić information content (AvgIpc) is 3.18. The average molecular weight is 421 g/mol. The predicted molar refractivity (Wildman–Crippen MR) is 121 cm³/mol. The van der Waals surface area contributed by atoms with Gasteiger partial charge in [0.25, 0.3) is 5.91 Å². The zero-order valence-corrected chi connectivity index (χ0v) is 18.4. The van der Waals surface area contributed by atoms with Crippen LogP contribution in [0.5, 0.6) is 5.75 Å². The number of benzene rings is 2. The van der Waals surface area contributed by atoms with Gasteiger partial charge in [0, 0.05) is 23.7 Å². The quantitative estimate of drug-likeness (QED) is 0.745. The van der Waals surface area contributed by atoms with Crippen molar-refractivity contribution in [1.82, 2.24) is 10.2 Å². The molecule has 3 atom stereocenters. The number of rotatable bonds is 6. The smallest absolute Gasteiger partial charge is 0.254 e. The molecular weight excluding hydrogens is 388 g/mol. The summed E-state index contributed by atoms with van der Waals surface area (Å²) in [7, 11) is 0. The molecule has 31 heavy (non-hydrogen) atoms. The van der Waals surface area contributed by atoms with Crippen molar-refractivity contribution in [3.05, 3.63) is 65.7 Å². The summed E-state index contributed by atoms with van der Waals surface area (Å²) >= 11 is 0. The Kier molecular flexibility index (Phi) is 6.59. The van der Waals surface area contributed by atoms with Crippen molar-refractivity contribution in [1.29, 1.82) is 0 Å². The number of nitrogens with zero attached hydrogens (tertiary/aromatic N) is 1. The van der Waals surface area contributed by atoms with Gasteiger partial charge in [-0.3, -0.25) is 9.59 Å². The van der Waals surface area contributed by atoms with Gasteiger partial charge in [-0.25, -0.2) is 0 Å². The van der Waals surface area contributed by atoms with Crippen molar-refractivity contribution in [3.8, 4) is 5.75 Å². The van der Waals surface area contributed by atoms with Crippen LogP contribution in [-0.4, -0.2) is 34.9 Å². The molecule has 2 aromatic rings. The van der Waals surface area contributed by atoms with E-state index in [-0.39, 0.29) is 24.0 Å². The van der Waals surface area contributed by atoms with Crippen LogP contribution in [0.25, 0.3) is 0 Å². The first-order valence-electron chi connectivity index (χ1n) is 11.4. The number of nitrogens with one attached hydrogen (secondary N) is 1. The van der Waals surface area contributed by atoms with Crippen LogP contribution in [0.4, 0.5) is 0 Å². The van der Waals surface area contributed by atoms with Crippen molar-refractivity contribution >= 4 is 11.8 Å². The van der Waals surface area contributed by atoms with Crippen LogP contribution in [0.2, 0.25) is 0 Å². The van der Waals surface area contributed by atoms with E-state index in [0.717, 1.165) is 37.0 Å². The molecule has 5 nitrogen and oxygen atoms in total. The van der Waals surface area contributed by atoms with E-state index in [1.54, 1.807) is 0 Å². The van der Waals surface area contributed by atoms with Gasteiger partial charge in [-0.15, -0.1) is 0 Å². The maximum atomic E-state index is 13.4. The third-order valence-electron chi connectivity index (χ3n) is 6.43. The normalized spacial score (nSPS) is 22.8. The number of ether oxygens (including phenoxy) is 1. The predicted octanol–water partition coefficient (Wildman–Crippen LogP) is 4.56. The molecule has 2 aromatic carbocycles. The Morgan fingerprint density at radius 3 is 2.52 bits per heavy atom. The molecule has 2 fully saturated rings. The second-order valence-electron chi connectivity index (χ2n) is 8.93. The molecular formula is C26H32N2O3. The maximum Gasteiger partial charge on any atom is 0.254 e. The standard InChI is InChI=1S/C26H32N2O3/c1-18(2)31-24-15-9-7-13-21(24)17-27-25(29)23-16-20-12-6-8-14-22(20)28(23)26(30)19-10-4-3-5-11-19/h3-5,7,9-11,13,15,18,20,22-23H,6,8,12,14,16-17H2,1-2H3,(H,27,29). The van der Waals surface area contributed by atoms with Gasteiger partial charge in [0.1, 0.15) is 11.8 Å². The number of hydrogen-bond acceptors (Lipinski definition) is 3. The summed E-state index contributed by atoms with van der Waals surface area (Å²) in [5.74, 6) is 1.10. The molecule has 1 aliphatic carbocycles. The van der Waals surface area contributed by atoms with Crippen molar-refractivity contribution in [2.75, 3.05) is 0 Å². The minimum Gasteiger partial charge on any atom is -0.491 e. The van der Waals surface area contributed by atoms with Crippen LogP contribution in [0.1, 0.15) is 61.9 Å². The summed E-state index contributed by atoms with van der Waals surface area (Å²) in [6.07, 6.45) is 5.19. The maximum absolute atomic E-state index is 13.4. The highest BCUT2D eigenvalue weighted by atomic mass is 16.5. The fraction of sp³-hybridized carbons (Fsp3) is 0.462. The lowest BCUT2D eigenvalue weighted by atomic mass is 9.84. The minimum atomic E-state index is -0.418. The molecule has 0 spiro atoms. The van der Waals surface area contributed by atoms with Crippen LogP contribution >= 0.6 is 0 Å². The molecule has 164 valence electrons. The molecule has 1 aliphatic heterocycles. The number of amides is 2. The van der Waals surface area contributed by atoms with E-state index >= 15 is 0 Å². The number of para-hydroxylation sites is 1. The summed E-state index contributed by atoms with van der Waals surface area (Å²) in [6.45, 7) is 4.37. The summed E-state index contributed by atoms with van der Waals surface area (Å²) < 4.78 is 5.88. The Morgan fingerprint density at radius 1 is 1.03 bits per heavy atom. The molecule has 2 aliphatic rings. The van der Waals surface area contributed by atoms with Gasteiger partial charge in [-0.1, -0.05) is 49.2 Å². The van der Waals surface area contributed by atoms with Crippen LogP contribution in [0.3, 0.4) is 0 Å². The molecule has 0 aromatic heterocycles. The van der Waals surface area contributed by atoms with Gasteiger partial charge >= 0.3 is 0 Å². The Labute approximate surface area is 184 Å². The molecule has 2 amide bonds. The Morgan fingerprint density at radius 2 is 1.74 bits per heavy atom. The molecule has 1 saturated carbocycles. The van der Waals surface area contributed by atoms with E-state index in [4.69, 9.17) is 4.74 Å². The van der Waals surface area contributed by atoms with E-state index in [2.05, 4.69) is 5.32 Å². The molecule has 1 saturated heterocycles. The Balaban J connectivity index is 1.51. The van der Waals surface area contributed by atoms with Gasteiger partial charge in [0.05, 0.1) is 6.10 Å². The van der Waals surface area contributed by atoms with Crippen molar-refractivity contribution < 1.29 is 14.3 Å². The van der Waals surface area contributed by atoms with Gasteiger partial charge < -0.3 is 15.0 Å². The third-order valence-corrected chi connectivity index (χ3v) is 6.43. The molecule has 3 unspecified atom stereocenters. The molecule has 5 heteroatoms. The van der Waals surface area contributed by atoms with E-state index in [1.807, 2.05) is 73.3 Å². The first kappa shape index (κ1) is 21.4. The summed E-state index contributed by atoms with van der Waals surface area (Å²) in [5, 5.41) is 3.09. The lowest BCUT2D eigenvalue weighted by molar-refractivity contribution is -0.125. The first-order chi connectivity index (χ1) is 15.0. The molecule has 4 rings (SSSR count). The van der Waals surface area contributed by atoms with E-state index in [1.165, 1.54) is 6.42 Å². The van der Waals surface area contributed by atoms with Crippen LogP contribution in [0, 0.1) is 5.92 Å². The third kappa shape index (κ3) is 4.76. The molecule has 1 heterocycles. The van der Waals surface area contributed by atoms with Gasteiger partial charge in [-0.2, -0.15) is 0 Å². The van der Waals surface area contributed by atoms with Crippen molar-refractivity contribution in [2.24, 2.45) is 5.92 Å². The monoisotopic (exact) mass is 420 g/mol. The summed E-state index contributed by atoms with van der Waals surface area (Å²) in [6, 6.07) is 16.9. The van der Waals surface area contributed by atoms with Gasteiger partial charge in [0.15, 0.2) is 0 Å². The van der Waals surface area contributed by atoms with Crippen molar-refractivity contribution in [2.45, 2.75) is 70.7 Å². The first-order valence-corrected chi connectivity index (χ1v) is 11.4. The lowest BCUT2D eigenvalue weighted by Crippen LogP contribution is -2.49. The number of fused-ring (bicyclic) bond motifs is 1. The van der Waals surface area contributed by atoms with Crippen LogP contribution in [0.15, 0.2) is 54.6 Å². The zero-order chi connectivity index (χ0) is 21.8. The number of likely N-dealkylation sites (tertiary alicyclic amines) is 1. The molecule has 0 radical (unpaired) electrons. The highest BCUT2D eigenvalue weighted by molar-refractivity contribution is 5.98. The highest BCUT2D eigenvalue weighted by Crippen LogP contribution is 2.40. The number of hydrogen-bond donors (Lipinski definition) is 1. The second-order valence-corrected chi connectivity index (χ2v) is 8.93. The van der Waals surface area contributed by atoms with E-state index < -0.39 is 6.04 Å². The fourth-order valence-corrected chi connectivity index (χ4v) is 5.03. The van der Waals surface area contributed by atoms with E-state index in [9.17, 15) is 9.59 Å². The van der Waals surface area contributed by atoms with Gasteiger partial charge in [-0.05, 0) is 57.2 Å². The summed E-state index contributed by atoms with van der Waals surface area (Å²) in [5.41, 5.74) is 1.60. The Hall–Kier alpha value is -2.82. The minimum absolute atomic E-state index is 0.0290. The van der Waals surface area contributed by atoms with Gasteiger partial charge in [0.2, 0.25) is 5.91 Å². The summed E-state index contributed by atoms with van der Waals surface area (Å²) in [4.78, 5) is 28.6. The number of carbonyl (C=O) groups is 2. The second kappa shape index (κ2) is 9.54. The SMILES string of the molecule is CC(C)Oc1ccccc1CNC(=O)C1CC2CCCCC2N1C(=O)c1ccccc1. The van der Waals surface area contributed by atoms with E-state index in [0.29, 0.717) is 18.0 Å². The fourth-order valence-electron chi connectivity index (χ4n) is 5.03. The molecule has 1 N–H and O–H groups in total. The van der Waals surface area contributed by atoms with Crippen LogP contribution in [-0.2, 0) is 11.3 Å². The Bertz CT molecular complexity index is 912. The van der Waals surface area contributed by atoms with Crippen LogP contribution < -0.4 is 10.1 Å². The zero-order valence-electron chi connectivity index (χ0n) is 18.4. The highest BCUT2D eigenvalue weighted by Gasteiger charge is 2.47. The van der Waals surface area contributed by atoms with Crippen molar-refractivity contribution in [3.63, 3.8) is 0 Å².